The van der Waals surface area contributed by atoms with E-state index in [0.29, 0.717) is 10.4 Å². The lowest BCUT2D eigenvalue weighted by molar-refractivity contribution is 0.0696. The van der Waals surface area contributed by atoms with Crippen LogP contribution in [0.5, 0.6) is 0 Å². The summed E-state index contributed by atoms with van der Waals surface area (Å²) in [4.78, 5) is 12.3. The fraction of sp³-hybridized carbons (Fsp3) is 0.533. The monoisotopic (exact) mass is 343 g/mol. The number of aliphatic hydroxyl groups is 1. The van der Waals surface area contributed by atoms with Gasteiger partial charge in [-0.3, -0.25) is 4.79 Å². The average Bonchev–Trinajstić information content (AvgIpc) is 2.37. The van der Waals surface area contributed by atoms with Crippen molar-refractivity contribution in [3.8, 4) is 0 Å². The van der Waals surface area contributed by atoms with E-state index < -0.39 is 11.4 Å². The van der Waals surface area contributed by atoms with Crippen LogP contribution >= 0.6 is 15.9 Å². The molecule has 1 aromatic carbocycles. The molecule has 1 aromatic rings. The van der Waals surface area contributed by atoms with Gasteiger partial charge in [0.25, 0.3) is 5.91 Å². The number of benzene rings is 1. The molecular formula is C15H19BrFNO2. The molecule has 1 aliphatic rings. The number of hydrogen-bond donors (Lipinski definition) is 2. The van der Waals surface area contributed by atoms with E-state index in [4.69, 9.17) is 0 Å². The van der Waals surface area contributed by atoms with Crippen LogP contribution in [0.1, 0.15) is 43.0 Å². The predicted octanol–water partition coefficient (Wildman–Crippen LogP) is 3.26. The summed E-state index contributed by atoms with van der Waals surface area (Å²) in [5, 5.41) is 12.6. The van der Waals surface area contributed by atoms with E-state index in [2.05, 4.69) is 28.2 Å². The fourth-order valence-corrected chi connectivity index (χ4v) is 3.42. The fourth-order valence-electron chi connectivity index (χ4n) is 2.95. The Morgan fingerprint density at radius 1 is 1.55 bits per heavy atom. The van der Waals surface area contributed by atoms with Crippen LogP contribution in [0.3, 0.4) is 0 Å². The number of carbonyl (C=O) groups is 1. The summed E-state index contributed by atoms with van der Waals surface area (Å²) in [6.07, 6.45) is 3.61. The highest BCUT2D eigenvalue weighted by Crippen LogP contribution is 2.32. The summed E-state index contributed by atoms with van der Waals surface area (Å²) in [6, 6.07) is 4.09. The number of aliphatic hydroxyl groups excluding tert-OH is 1. The molecule has 2 atom stereocenters. The number of amides is 1. The van der Waals surface area contributed by atoms with Crippen LogP contribution in [0.2, 0.25) is 0 Å². The Morgan fingerprint density at radius 2 is 2.30 bits per heavy atom. The minimum atomic E-state index is -0.576. The minimum absolute atomic E-state index is 0.0838. The summed E-state index contributed by atoms with van der Waals surface area (Å²) < 4.78 is 13.9. The SMILES string of the molecule is CC1CCCC(CO)(NC(=O)c2cc(F)cc(Br)c2)C1. The largest absolute Gasteiger partial charge is 0.394 e. The first-order valence-electron chi connectivity index (χ1n) is 6.83. The number of carbonyl (C=O) groups excluding carboxylic acids is 1. The van der Waals surface area contributed by atoms with E-state index in [1.165, 1.54) is 12.1 Å². The normalized spacial score (nSPS) is 26.3. The summed E-state index contributed by atoms with van der Waals surface area (Å²) in [7, 11) is 0. The van der Waals surface area contributed by atoms with Gasteiger partial charge in [-0.05, 0) is 37.0 Å². The Morgan fingerprint density at radius 3 is 2.90 bits per heavy atom. The maximum absolute atomic E-state index is 13.3. The molecule has 0 aliphatic heterocycles. The number of halogens is 2. The third kappa shape index (κ3) is 3.58. The van der Waals surface area contributed by atoms with Crippen molar-refractivity contribution in [1.29, 1.82) is 0 Å². The first-order chi connectivity index (χ1) is 9.44. The highest BCUT2D eigenvalue weighted by atomic mass is 79.9. The van der Waals surface area contributed by atoms with Gasteiger partial charge in [0.2, 0.25) is 0 Å². The molecular weight excluding hydrogens is 325 g/mol. The molecule has 110 valence electrons. The van der Waals surface area contributed by atoms with Gasteiger partial charge in [0.05, 0.1) is 12.1 Å². The van der Waals surface area contributed by atoms with Crippen molar-refractivity contribution in [2.45, 2.75) is 38.1 Å². The van der Waals surface area contributed by atoms with Crippen molar-refractivity contribution in [2.75, 3.05) is 6.61 Å². The highest BCUT2D eigenvalue weighted by Gasteiger charge is 2.36. The maximum atomic E-state index is 13.3. The van der Waals surface area contributed by atoms with Crippen molar-refractivity contribution in [3.63, 3.8) is 0 Å². The van der Waals surface area contributed by atoms with Crippen molar-refractivity contribution in [2.24, 2.45) is 5.92 Å². The summed E-state index contributed by atoms with van der Waals surface area (Å²) >= 11 is 3.18. The molecule has 3 nitrogen and oxygen atoms in total. The van der Waals surface area contributed by atoms with Gasteiger partial charge in [0.15, 0.2) is 0 Å². The molecule has 1 saturated carbocycles. The van der Waals surface area contributed by atoms with Crippen molar-refractivity contribution in [1.82, 2.24) is 5.32 Å². The first-order valence-corrected chi connectivity index (χ1v) is 7.63. The summed E-state index contributed by atoms with van der Waals surface area (Å²) in [5.41, 5.74) is -0.309. The Balaban J connectivity index is 2.16. The molecule has 1 fully saturated rings. The van der Waals surface area contributed by atoms with E-state index in [-0.39, 0.29) is 18.1 Å². The van der Waals surface area contributed by atoms with E-state index >= 15 is 0 Å². The van der Waals surface area contributed by atoms with Gasteiger partial charge in [-0.15, -0.1) is 0 Å². The van der Waals surface area contributed by atoms with Gasteiger partial charge in [0, 0.05) is 10.0 Å². The molecule has 20 heavy (non-hydrogen) atoms. The number of nitrogens with one attached hydrogen (secondary N) is 1. The second-order valence-electron chi connectivity index (χ2n) is 5.75. The number of hydrogen-bond acceptors (Lipinski definition) is 2. The van der Waals surface area contributed by atoms with Crippen molar-refractivity contribution < 1.29 is 14.3 Å². The predicted molar refractivity (Wildman–Crippen MR) is 79.0 cm³/mol. The highest BCUT2D eigenvalue weighted by molar-refractivity contribution is 9.10. The molecule has 5 heteroatoms. The third-order valence-corrected chi connectivity index (χ3v) is 4.36. The summed E-state index contributed by atoms with van der Waals surface area (Å²) in [6.45, 7) is 2.04. The van der Waals surface area contributed by atoms with Crippen LogP contribution in [-0.4, -0.2) is 23.2 Å². The van der Waals surface area contributed by atoms with Crippen LogP contribution in [0.25, 0.3) is 0 Å². The second kappa shape index (κ2) is 6.22. The van der Waals surface area contributed by atoms with Gasteiger partial charge in [-0.25, -0.2) is 4.39 Å². The molecule has 2 rings (SSSR count). The molecule has 2 N–H and O–H groups in total. The second-order valence-corrected chi connectivity index (χ2v) is 6.67. The molecule has 0 aromatic heterocycles. The van der Waals surface area contributed by atoms with Crippen LogP contribution in [0.4, 0.5) is 4.39 Å². The minimum Gasteiger partial charge on any atom is -0.394 e. The lowest BCUT2D eigenvalue weighted by Gasteiger charge is -2.39. The van der Waals surface area contributed by atoms with E-state index in [9.17, 15) is 14.3 Å². The molecule has 1 amide bonds. The molecule has 0 radical (unpaired) electrons. The lowest BCUT2D eigenvalue weighted by atomic mass is 9.76. The van der Waals surface area contributed by atoms with Gasteiger partial charge < -0.3 is 10.4 Å². The molecule has 0 heterocycles. The molecule has 2 unspecified atom stereocenters. The Kier molecular flexibility index (Phi) is 4.81. The van der Waals surface area contributed by atoms with E-state index in [0.717, 1.165) is 25.7 Å². The molecule has 0 saturated heterocycles. The average molecular weight is 344 g/mol. The van der Waals surface area contributed by atoms with Gasteiger partial charge in [-0.1, -0.05) is 35.7 Å². The molecule has 1 aliphatic carbocycles. The Labute approximate surface area is 126 Å². The summed E-state index contributed by atoms with van der Waals surface area (Å²) in [5.74, 6) is -0.330. The topological polar surface area (TPSA) is 49.3 Å². The van der Waals surface area contributed by atoms with Crippen LogP contribution in [0, 0.1) is 11.7 Å². The smallest absolute Gasteiger partial charge is 0.251 e. The maximum Gasteiger partial charge on any atom is 0.251 e. The molecule has 0 spiro atoms. The molecule has 0 bridgehead atoms. The number of rotatable bonds is 3. The standard InChI is InChI=1S/C15H19BrFNO2/c1-10-3-2-4-15(8-10,9-19)18-14(20)11-5-12(16)7-13(17)6-11/h5-7,10,19H,2-4,8-9H2,1H3,(H,18,20). The Hall–Kier alpha value is -0.940. The van der Waals surface area contributed by atoms with Crippen LogP contribution in [-0.2, 0) is 0 Å². The first kappa shape index (κ1) is 15.4. The Bertz CT molecular complexity index is 488. The zero-order valence-electron chi connectivity index (χ0n) is 11.5. The van der Waals surface area contributed by atoms with E-state index in [1.807, 2.05) is 0 Å². The van der Waals surface area contributed by atoms with Gasteiger partial charge in [0.1, 0.15) is 5.82 Å². The van der Waals surface area contributed by atoms with E-state index in [1.54, 1.807) is 6.07 Å². The van der Waals surface area contributed by atoms with Crippen molar-refractivity contribution >= 4 is 21.8 Å². The van der Waals surface area contributed by atoms with Gasteiger partial charge in [-0.2, -0.15) is 0 Å². The van der Waals surface area contributed by atoms with Crippen molar-refractivity contribution in [3.05, 3.63) is 34.1 Å². The van der Waals surface area contributed by atoms with Gasteiger partial charge >= 0.3 is 0 Å². The van der Waals surface area contributed by atoms with Crippen LogP contribution in [0.15, 0.2) is 22.7 Å². The van der Waals surface area contributed by atoms with Crippen LogP contribution < -0.4 is 5.32 Å². The zero-order valence-corrected chi connectivity index (χ0v) is 13.0. The third-order valence-electron chi connectivity index (χ3n) is 3.90. The zero-order chi connectivity index (χ0) is 14.8. The lowest BCUT2D eigenvalue weighted by Crippen LogP contribution is -2.53. The quantitative estimate of drug-likeness (QED) is 0.884.